The highest BCUT2D eigenvalue weighted by Gasteiger charge is 2.15. The summed E-state index contributed by atoms with van der Waals surface area (Å²) in [6, 6.07) is 0. The van der Waals surface area contributed by atoms with Gasteiger partial charge in [-0.3, -0.25) is 9.59 Å². The first-order valence-electron chi connectivity index (χ1n) is 5.85. The Bertz CT molecular complexity index is 254. The first-order valence-corrected chi connectivity index (χ1v) is 7.00. The van der Waals surface area contributed by atoms with E-state index < -0.39 is 5.97 Å². The summed E-state index contributed by atoms with van der Waals surface area (Å²) in [5, 5.41) is 8.44. The molecule has 1 amide bonds. The second-order valence-corrected chi connectivity index (χ2v) is 5.08. The van der Waals surface area contributed by atoms with E-state index in [2.05, 4.69) is 0 Å². The molecule has 6 heteroatoms. The maximum atomic E-state index is 11.7. The summed E-state index contributed by atoms with van der Waals surface area (Å²) in [4.78, 5) is 23.8. The molecule has 0 unspecified atom stereocenters. The van der Waals surface area contributed by atoms with Crippen LogP contribution in [0.3, 0.4) is 0 Å². The molecule has 17 heavy (non-hydrogen) atoms. The van der Waals surface area contributed by atoms with Gasteiger partial charge in [0.15, 0.2) is 0 Å². The van der Waals surface area contributed by atoms with Crippen molar-refractivity contribution in [3.05, 3.63) is 0 Å². The third-order valence-electron chi connectivity index (χ3n) is 2.50. The highest BCUT2D eigenvalue weighted by atomic mass is 32.2. The lowest BCUT2D eigenvalue weighted by molar-refractivity contribution is -0.136. The Labute approximate surface area is 105 Å². The molecule has 98 valence electrons. The summed E-state index contributed by atoms with van der Waals surface area (Å²) in [6.45, 7) is 2.67. The highest BCUT2D eigenvalue weighted by molar-refractivity contribution is 7.99. The van der Waals surface area contributed by atoms with Crippen LogP contribution >= 0.6 is 11.8 Å². The molecule has 1 heterocycles. The monoisotopic (exact) mass is 261 g/mol. The average molecular weight is 261 g/mol. The van der Waals surface area contributed by atoms with E-state index in [1.54, 1.807) is 11.8 Å². The van der Waals surface area contributed by atoms with Gasteiger partial charge in [-0.1, -0.05) is 0 Å². The van der Waals surface area contributed by atoms with E-state index in [4.69, 9.17) is 9.84 Å². The molecule has 1 rings (SSSR count). The Hall–Kier alpha value is -0.750. The predicted octanol–water partition coefficient (Wildman–Crippen LogP) is 0.833. The summed E-state index contributed by atoms with van der Waals surface area (Å²) < 4.78 is 5.18. The Morgan fingerprint density at radius 1 is 1.18 bits per heavy atom. The van der Waals surface area contributed by atoms with Gasteiger partial charge in [0.25, 0.3) is 0 Å². The van der Waals surface area contributed by atoms with Crippen molar-refractivity contribution in [2.75, 3.05) is 37.8 Å². The number of nitrogens with zero attached hydrogens (tertiary/aromatic N) is 1. The van der Waals surface area contributed by atoms with Crippen LogP contribution in [0, 0.1) is 0 Å². The summed E-state index contributed by atoms with van der Waals surface area (Å²) in [7, 11) is 0. The summed E-state index contributed by atoms with van der Waals surface area (Å²) in [6.07, 6.45) is 1.57. The van der Waals surface area contributed by atoms with Crippen LogP contribution < -0.4 is 0 Å². The van der Waals surface area contributed by atoms with Gasteiger partial charge in [0, 0.05) is 25.3 Å². The summed E-state index contributed by atoms with van der Waals surface area (Å²) >= 11 is 1.59. The second kappa shape index (κ2) is 8.36. The maximum Gasteiger partial charge on any atom is 0.304 e. The Morgan fingerprint density at radius 2 is 1.88 bits per heavy atom. The van der Waals surface area contributed by atoms with Crippen LogP contribution in [0.25, 0.3) is 0 Å². The van der Waals surface area contributed by atoms with Gasteiger partial charge in [0.05, 0.1) is 19.6 Å². The first-order chi connectivity index (χ1) is 8.20. The number of amides is 1. The van der Waals surface area contributed by atoms with Gasteiger partial charge in [-0.05, 0) is 12.2 Å². The molecule has 0 radical (unpaired) electrons. The van der Waals surface area contributed by atoms with E-state index >= 15 is 0 Å². The molecule has 1 aliphatic heterocycles. The van der Waals surface area contributed by atoms with Gasteiger partial charge in [-0.2, -0.15) is 11.8 Å². The van der Waals surface area contributed by atoms with Crippen molar-refractivity contribution in [3.63, 3.8) is 0 Å². The van der Waals surface area contributed by atoms with Gasteiger partial charge in [0.1, 0.15) is 0 Å². The normalized spacial score (nSPS) is 15.9. The summed E-state index contributed by atoms with van der Waals surface area (Å²) in [5.41, 5.74) is 0. The number of hydrogen-bond donors (Lipinski definition) is 1. The van der Waals surface area contributed by atoms with Crippen LogP contribution in [0.15, 0.2) is 0 Å². The zero-order valence-electron chi connectivity index (χ0n) is 9.89. The molecule has 0 saturated carbocycles. The van der Waals surface area contributed by atoms with Crippen LogP contribution in [-0.2, 0) is 14.3 Å². The first kappa shape index (κ1) is 14.3. The fraction of sp³-hybridized carbons (Fsp3) is 0.818. The van der Waals surface area contributed by atoms with E-state index in [0.717, 1.165) is 12.2 Å². The van der Waals surface area contributed by atoms with Gasteiger partial charge in [0.2, 0.25) is 5.91 Å². The molecule has 1 N–H and O–H groups in total. The minimum absolute atomic E-state index is 0.187. The molecule has 0 aromatic carbocycles. The fourth-order valence-electron chi connectivity index (χ4n) is 1.56. The predicted molar refractivity (Wildman–Crippen MR) is 66.2 cm³/mol. The van der Waals surface area contributed by atoms with E-state index in [9.17, 15) is 9.59 Å². The van der Waals surface area contributed by atoms with E-state index in [-0.39, 0.29) is 12.3 Å². The third-order valence-corrected chi connectivity index (χ3v) is 3.57. The van der Waals surface area contributed by atoms with Gasteiger partial charge >= 0.3 is 5.97 Å². The number of carboxylic acid groups (broad SMARTS) is 1. The van der Waals surface area contributed by atoms with E-state index in [1.165, 1.54) is 0 Å². The number of aliphatic carboxylic acids is 1. The van der Waals surface area contributed by atoms with E-state index in [0.29, 0.717) is 38.5 Å². The number of rotatable bonds is 7. The van der Waals surface area contributed by atoms with Gasteiger partial charge in [-0.25, -0.2) is 0 Å². The number of carbonyl (C=O) groups excluding carboxylic acids is 1. The van der Waals surface area contributed by atoms with Crippen molar-refractivity contribution < 1.29 is 19.4 Å². The zero-order valence-corrected chi connectivity index (χ0v) is 10.7. The quantitative estimate of drug-likeness (QED) is 0.688. The smallest absolute Gasteiger partial charge is 0.304 e. The lowest BCUT2D eigenvalue weighted by Gasteiger charge is -2.26. The zero-order chi connectivity index (χ0) is 12.5. The second-order valence-electron chi connectivity index (χ2n) is 3.85. The Kier molecular flexibility index (Phi) is 7.04. The molecule has 0 spiro atoms. The largest absolute Gasteiger partial charge is 0.481 e. The number of hydrogen-bond acceptors (Lipinski definition) is 4. The minimum atomic E-state index is -0.762. The topological polar surface area (TPSA) is 66.8 Å². The Morgan fingerprint density at radius 3 is 2.53 bits per heavy atom. The van der Waals surface area contributed by atoms with Gasteiger partial charge < -0.3 is 14.7 Å². The molecule has 0 bridgehead atoms. The molecule has 0 atom stereocenters. The number of carboxylic acids is 1. The lowest BCUT2D eigenvalue weighted by Crippen LogP contribution is -2.40. The van der Waals surface area contributed by atoms with Crippen molar-refractivity contribution in [2.45, 2.75) is 19.3 Å². The molecular formula is C11H19NO4S. The van der Waals surface area contributed by atoms with Crippen molar-refractivity contribution >= 4 is 23.6 Å². The minimum Gasteiger partial charge on any atom is -0.481 e. The average Bonchev–Trinajstić information content (AvgIpc) is 2.34. The van der Waals surface area contributed by atoms with E-state index in [1.807, 2.05) is 4.90 Å². The number of carbonyl (C=O) groups is 2. The van der Waals surface area contributed by atoms with Crippen molar-refractivity contribution in [1.29, 1.82) is 0 Å². The molecular weight excluding hydrogens is 242 g/mol. The van der Waals surface area contributed by atoms with Crippen molar-refractivity contribution in [3.8, 4) is 0 Å². The maximum absolute atomic E-state index is 11.7. The van der Waals surface area contributed by atoms with Crippen LogP contribution in [0.4, 0.5) is 0 Å². The van der Waals surface area contributed by atoms with Crippen LogP contribution in [-0.4, -0.2) is 59.7 Å². The molecule has 1 aliphatic rings. The number of thioether (sulfide) groups is 1. The van der Waals surface area contributed by atoms with Crippen LogP contribution in [0.1, 0.15) is 19.3 Å². The van der Waals surface area contributed by atoms with Gasteiger partial charge in [-0.15, -0.1) is 0 Å². The fourth-order valence-corrected chi connectivity index (χ4v) is 2.43. The lowest BCUT2D eigenvalue weighted by atomic mass is 10.3. The molecule has 0 aliphatic carbocycles. The van der Waals surface area contributed by atoms with Crippen LogP contribution in [0.5, 0.6) is 0 Å². The van der Waals surface area contributed by atoms with Crippen LogP contribution in [0.2, 0.25) is 0 Å². The number of morpholine rings is 1. The molecule has 1 saturated heterocycles. The highest BCUT2D eigenvalue weighted by Crippen LogP contribution is 2.08. The molecule has 0 aromatic heterocycles. The van der Waals surface area contributed by atoms with Crippen molar-refractivity contribution in [1.82, 2.24) is 4.90 Å². The summed E-state index contributed by atoms with van der Waals surface area (Å²) in [5.74, 6) is 0.902. The molecule has 1 fully saturated rings. The Balaban J connectivity index is 1.98. The molecule has 0 aromatic rings. The van der Waals surface area contributed by atoms with Crippen molar-refractivity contribution in [2.24, 2.45) is 0 Å². The third kappa shape index (κ3) is 6.53. The SMILES string of the molecule is O=C(O)CCSCCCC(=O)N1CCOCC1. The number of ether oxygens (including phenoxy) is 1. The standard InChI is InChI=1S/C11H19NO4S/c13-10(12-4-6-16-7-5-12)2-1-8-17-9-3-11(14)15/h1-9H2,(H,14,15). The molecule has 5 nitrogen and oxygen atoms in total.